The van der Waals surface area contributed by atoms with Crippen molar-refractivity contribution in [1.29, 1.82) is 0 Å². The molecule has 2 saturated heterocycles. The third-order valence-electron chi connectivity index (χ3n) is 5.70. The molecule has 0 aromatic carbocycles. The Morgan fingerprint density at radius 2 is 2.11 bits per heavy atom. The molecule has 148 valence electrons. The Morgan fingerprint density at radius 1 is 1.30 bits per heavy atom. The van der Waals surface area contributed by atoms with Crippen molar-refractivity contribution >= 4 is 18.3 Å². The minimum atomic E-state index is 0. The monoisotopic (exact) mass is 392 g/mol. The zero-order valence-electron chi connectivity index (χ0n) is 15.9. The molecule has 0 saturated carbocycles. The van der Waals surface area contributed by atoms with Gasteiger partial charge in [0.15, 0.2) is 0 Å². The smallest absolute Gasteiger partial charge is 0.274 e. The lowest BCUT2D eigenvalue weighted by Crippen LogP contribution is -2.38. The molecule has 2 aliphatic rings. The highest BCUT2D eigenvalue weighted by molar-refractivity contribution is 5.92. The molecule has 4 heterocycles. The third kappa shape index (κ3) is 4.35. The van der Waals surface area contributed by atoms with Gasteiger partial charge in [-0.3, -0.25) is 14.2 Å². The second-order valence-corrected chi connectivity index (χ2v) is 7.38. The maximum absolute atomic E-state index is 12.8. The molecule has 0 aliphatic carbocycles. The standard InChI is InChI=1S/C19H28N6O.ClH/c1-2-24-14-16(12-21-24)15-5-9-23(10-6-15)19(26)18-7-11-25(22-18)17-4-3-8-20-13-17;/h7,11-12,14-15,17,20H,2-6,8-10,13H2,1H3;1H. The van der Waals surface area contributed by atoms with Crippen molar-refractivity contribution in [2.24, 2.45) is 0 Å². The Bertz CT molecular complexity index is 743. The average molecular weight is 393 g/mol. The predicted octanol–water partition coefficient (Wildman–Crippen LogP) is 2.47. The quantitative estimate of drug-likeness (QED) is 0.867. The molecule has 27 heavy (non-hydrogen) atoms. The number of aryl methyl sites for hydroxylation is 1. The number of halogens is 1. The maximum Gasteiger partial charge on any atom is 0.274 e. The van der Waals surface area contributed by atoms with Crippen molar-refractivity contribution < 1.29 is 4.79 Å². The lowest BCUT2D eigenvalue weighted by Gasteiger charge is -2.31. The lowest BCUT2D eigenvalue weighted by molar-refractivity contribution is 0.0705. The highest BCUT2D eigenvalue weighted by atomic mass is 35.5. The summed E-state index contributed by atoms with van der Waals surface area (Å²) >= 11 is 0. The zero-order valence-corrected chi connectivity index (χ0v) is 16.7. The highest BCUT2D eigenvalue weighted by Crippen LogP contribution is 2.28. The summed E-state index contributed by atoms with van der Waals surface area (Å²) in [5.41, 5.74) is 1.88. The van der Waals surface area contributed by atoms with Gasteiger partial charge in [0.05, 0.1) is 12.2 Å². The first-order chi connectivity index (χ1) is 12.7. The number of amides is 1. The maximum atomic E-state index is 12.8. The van der Waals surface area contributed by atoms with Gasteiger partial charge in [-0.25, -0.2) is 0 Å². The Hall–Kier alpha value is -1.86. The summed E-state index contributed by atoms with van der Waals surface area (Å²) in [6.07, 6.45) is 10.3. The number of likely N-dealkylation sites (tertiary alicyclic amines) is 1. The van der Waals surface area contributed by atoms with Crippen molar-refractivity contribution in [3.8, 4) is 0 Å². The van der Waals surface area contributed by atoms with Gasteiger partial charge in [0.2, 0.25) is 0 Å². The second kappa shape index (κ2) is 8.89. The number of rotatable bonds is 4. The Morgan fingerprint density at radius 3 is 2.78 bits per heavy atom. The van der Waals surface area contributed by atoms with Crippen LogP contribution in [0.15, 0.2) is 24.7 Å². The molecule has 0 bridgehead atoms. The molecule has 1 unspecified atom stereocenters. The van der Waals surface area contributed by atoms with E-state index < -0.39 is 0 Å². The van der Waals surface area contributed by atoms with Crippen LogP contribution in [0.2, 0.25) is 0 Å². The van der Waals surface area contributed by atoms with Crippen molar-refractivity contribution in [3.05, 3.63) is 35.9 Å². The topological polar surface area (TPSA) is 68.0 Å². The van der Waals surface area contributed by atoms with Crippen LogP contribution in [0.5, 0.6) is 0 Å². The number of nitrogens with zero attached hydrogens (tertiary/aromatic N) is 5. The SMILES string of the molecule is CCn1cc(C2CCN(C(=O)c3ccn(C4CCCNC4)n3)CC2)cn1.Cl. The van der Waals surface area contributed by atoms with Crippen LogP contribution in [0.3, 0.4) is 0 Å². The summed E-state index contributed by atoms with van der Waals surface area (Å²) in [4.78, 5) is 14.8. The van der Waals surface area contributed by atoms with E-state index in [-0.39, 0.29) is 18.3 Å². The summed E-state index contributed by atoms with van der Waals surface area (Å²) in [6.45, 7) is 6.59. The normalized spacial score (nSPS) is 21.1. The van der Waals surface area contributed by atoms with Crippen molar-refractivity contribution in [3.63, 3.8) is 0 Å². The van der Waals surface area contributed by atoms with Crippen LogP contribution >= 0.6 is 12.4 Å². The fourth-order valence-electron chi connectivity index (χ4n) is 4.06. The van der Waals surface area contributed by atoms with Gasteiger partial charge in [0.25, 0.3) is 5.91 Å². The van der Waals surface area contributed by atoms with Crippen LogP contribution in [-0.4, -0.2) is 56.5 Å². The van der Waals surface area contributed by atoms with Gasteiger partial charge in [-0.2, -0.15) is 10.2 Å². The number of hydrogen-bond donors (Lipinski definition) is 1. The molecular weight excluding hydrogens is 364 g/mol. The van der Waals surface area contributed by atoms with Gasteiger partial charge in [0, 0.05) is 38.6 Å². The summed E-state index contributed by atoms with van der Waals surface area (Å²) < 4.78 is 3.94. The van der Waals surface area contributed by atoms with E-state index in [1.165, 1.54) is 5.56 Å². The predicted molar refractivity (Wildman–Crippen MR) is 106 cm³/mol. The number of carbonyl (C=O) groups excluding carboxylic acids is 1. The van der Waals surface area contributed by atoms with Gasteiger partial charge in [-0.05, 0) is 56.7 Å². The fourth-order valence-corrected chi connectivity index (χ4v) is 4.06. The molecule has 2 fully saturated rings. The van der Waals surface area contributed by atoms with Crippen molar-refractivity contribution in [2.75, 3.05) is 26.2 Å². The second-order valence-electron chi connectivity index (χ2n) is 7.38. The van der Waals surface area contributed by atoms with E-state index in [0.717, 1.165) is 58.4 Å². The molecular formula is C19H29ClN6O. The summed E-state index contributed by atoms with van der Waals surface area (Å²) in [7, 11) is 0. The molecule has 2 aliphatic heterocycles. The van der Waals surface area contributed by atoms with E-state index in [0.29, 0.717) is 17.7 Å². The first-order valence-corrected chi connectivity index (χ1v) is 9.82. The highest BCUT2D eigenvalue weighted by Gasteiger charge is 2.27. The van der Waals surface area contributed by atoms with E-state index in [1.807, 2.05) is 32.7 Å². The summed E-state index contributed by atoms with van der Waals surface area (Å²) in [5.74, 6) is 0.570. The number of carbonyl (C=O) groups is 1. The average Bonchev–Trinajstić information content (AvgIpc) is 3.38. The lowest BCUT2D eigenvalue weighted by atomic mass is 9.91. The fraction of sp³-hybridized carbons (Fsp3) is 0.632. The van der Waals surface area contributed by atoms with Crippen molar-refractivity contribution in [2.45, 2.75) is 51.1 Å². The van der Waals surface area contributed by atoms with Crippen LogP contribution in [0.4, 0.5) is 0 Å². The van der Waals surface area contributed by atoms with E-state index in [2.05, 4.69) is 28.6 Å². The van der Waals surface area contributed by atoms with Gasteiger partial charge in [0.1, 0.15) is 5.69 Å². The molecule has 2 aromatic heterocycles. The van der Waals surface area contributed by atoms with Gasteiger partial charge >= 0.3 is 0 Å². The number of piperidine rings is 2. The third-order valence-corrected chi connectivity index (χ3v) is 5.70. The molecule has 1 amide bonds. The summed E-state index contributed by atoms with van der Waals surface area (Å²) in [6, 6.07) is 2.24. The number of hydrogen-bond acceptors (Lipinski definition) is 4. The van der Waals surface area contributed by atoms with Crippen LogP contribution < -0.4 is 5.32 Å². The van der Waals surface area contributed by atoms with Gasteiger partial charge < -0.3 is 10.2 Å². The molecule has 1 N–H and O–H groups in total. The van der Waals surface area contributed by atoms with Crippen LogP contribution in [0, 0.1) is 0 Å². The molecule has 0 radical (unpaired) electrons. The molecule has 7 nitrogen and oxygen atoms in total. The molecule has 1 atom stereocenters. The minimum Gasteiger partial charge on any atom is -0.337 e. The Labute approximate surface area is 166 Å². The van der Waals surface area contributed by atoms with Crippen molar-refractivity contribution in [1.82, 2.24) is 29.8 Å². The van der Waals surface area contributed by atoms with E-state index in [4.69, 9.17) is 0 Å². The molecule has 2 aromatic rings. The molecule has 8 heteroatoms. The zero-order chi connectivity index (χ0) is 17.9. The van der Waals surface area contributed by atoms with Crippen LogP contribution in [0.25, 0.3) is 0 Å². The first-order valence-electron chi connectivity index (χ1n) is 9.82. The van der Waals surface area contributed by atoms with E-state index in [1.54, 1.807) is 0 Å². The van der Waals surface area contributed by atoms with E-state index >= 15 is 0 Å². The summed E-state index contributed by atoms with van der Waals surface area (Å²) in [5, 5.41) is 12.3. The van der Waals surface area contributed by atoms with Crippen LogP contribution in [-0.2, 0) is 6.54 Å². The Kier molecular flexibility index (Phi) is 6.55. The van der Waals surface area contributed by atoms with E-state index in [9.17, 15) is 4.79 Å². The number of nitrogens with one attached hydrogen (secondary N) is 1. The minimum absolute atomic E-state index is 0. The Balaban J connectivity index is 0.00000210. The first kappa shape index (κ1) is 19.9. The largest absolute Gasteiger partial charge is 0.337 e. The van der Waals surface area contributed by atoms with Gasteiger partial charge in [-0.1, -0.05) is 0 Å². The molecule has 4 rings (SSSR count). The van der Waals surface area contributed by atoms with Crippen LogP contribution in [0.1, 0.15) is 60.6 Å². The van der Waals surface area contributed by atoms with Gasteiger partial charge in [-0.15, -0.1) is 12.4 Å². The number of aromatic nitrogens is 4. The molecule has 0 spiro atoms.